The molecule has 9 heteroatoms. The van der Waals surface area contributed by atoms with Gasteiger partial charge in [-0.3, -0.25) is 4.90 Å². The maximum absolute atomic E-state index is 11.6. The van der Waals surface area contributed by atoms with Gasteiger partial charge >= 0.3 is 10.2 Å². The molecule has 0 atom stereocenters. The van der Waals surface area contributed by atoms with Gasteiger partial charge in [-0.05, 0) is 50.0 Å². The minimum atomic E-state index is -3.80. The Morgan fingerprint density at radius 2 is 1.90 bits per heavy atom. The predicted octanol–water partition coefficient (Wildman–Crippen LogP) is 1.86. The van der Waals surface area contributed by atoms with Crippen molar-refractivity contribution in [3.8, 4) is 5.75 Å². The summed E-state index contributed by atoms with van der Waals surface area (Å²) >= 11 is 0. The van der Waals surface area contributed by atoms with Gasteiger partial charge in [0.2, 0.25) is 0 Å². The number of hydrogen-bond donors (Lipinski definition) is 2. The normalized spacial score (nSPS) is 18.6. The van der Waals surface area contributed by atoms with Crippen molar-refractivity contribution in [1.29, 1.82) is 0 Å². The average Bonchev–Trinajstić information content (AvgIpc) is 3.00. The van der Waals surface area contributed by atoms with Gasteiger partial charge in [0, 0.05) is 19.6 Å². The Bertz CT molecular complexity index is 861. The first-order valence-electron chi connectivity index (χ1n) is 10.0. The van der Waals surface area contributed by atoms with Crippen LogP contribution in [0.2, 0.25) is 0 Å². The average molecular weight is 420 g/mol. The van der Waals surface area contributed by atoms with Gasteiger partial charge in [0.1, 0.15) is 5.75 Å². The van der Waals surface area contributed by atoms with Crippen molar-refractivity contribution in [1.82, 2.24) is 15.5 Å². The third-order valence-corrected chi connectivity index (χ3v) is 5.51. The van der Waals surface area contributed by atoms with Crippen LogP contribution < -0.4 is 15.4 Å². The molecule has 29 heavy (non-hydrogen) atoms. The summed E-state index contributed by atoms with van der Waals surface area (Å²) < 4.78 is 36.1. The molecule has 158 valence electrons. The molecule has 0 saturated carbocycles. The summed E-state index contributed by atoms with van der Waals surface area (Å²) in [5.74, 6) is 1.31. The molecular formula is C20H29N5O3S. The van der Waals surface area contributed by atoms with E-state index in [1.807, 2.05) is 12.1 Å². The second-order valence-corrected chi connectivity index (χ2v) is 8.37. The lowest BCUT2D eigenvalue weighted by atomic mass is 10.1. The molecule has 0 bridgehead atoms. The summed E-state index contributed by atoms with van der Waals surface area (Å²) in [6, 6.07) is 8.22. The van der Waals surface area contributed by atoms with Crippen molar-refractivity contribution in [2.75, 3.05) is 32.8 Å². The molecule has 0 aromatic heterocycles. The van der Waals surface area contributed by atoms with Gasteiger partial charge in [-0.1, -0.05) is 24.6 Å². The highest BCUT2D eigenvalue weighted by molar-refractivity contribution is 7.89. The highest BCUT2D eigenvalue weighted by Gasteiger charge is 2.23. The van der Waals surface area contributed by atoms with Crippen LogP contribution in [-0.4, -0.2) is 57.8 Å². The molecule has 0 amide bonds. The number of nitrogens with zero attached hydrogens (tertiary/aromatic N) is 3. The number of amidine groups is 2. The topological polar surface area (TPSA) is 95.4 Å². The summed E-state index contributed by atoms with van der Waals surface area (Å²) in [6.07, 6.45) is 6.23. The van der Waals surface area contributed by atoms with Gasteiger partial charge in [0.15, 0.2) is 11.7 Å². The van der Waals surface area contributed by atoms with Gasteiger partial charge in [-0.15, -0.1) is 15.4 Å². The Hall–Kier alpha value is -2.39. The summed E-state index contributed by atoms with van der Waals surface area (Å²) in [5.41, 5.74) is 1.27. The molecular weight excluding hydrogens is 390 g/mol. The maximum atomic E-state index is 11.6. The first-order chi connectivity index (χ1) is 14.1. The molecule has 1 fully saturated rings. The smallest absolute Gasteiger partial charge is 0.367 e. The fraction of sp³-hybridized carbons (Fsp3) is 0.500. The highest BCUT2D eigenvalue weighted by Crippen LogP contribution is 2.17. The maximum Gasteiger partial charge on any atom is 0.367 e. The van der Waals surface area contributed by atoms with Crippen molar-refractivity contribution in [2.24, 2.45) is 8.80 Å². The molecule has 0 spiro atoms. The van der Waals surface area contributed by atoms with Crippen LogP contribution in [-0.2, 0) is 16.8 Å². The number of piperidine rings is 1. The summed E-state index contributed by atoms with van der Waals surface area (Å²) in [4.78, 5) is 2.49. The van der Waals surface area contributed by atoms with Crippen molar-refractivity contribution in [2.45, 2.75) is 32.2 Å². The quantitative estimate of drug-likeness (QED) is 0.469. The fourth-order valence-electron chi connectivity index (χ4n) is 3.32. The lowest BCUT2D eigenvalue weighted by Gasteiger charge is -2.26. The second kappa shape index (κ2) is 10.4. The zero-order valence-electron chi connectivity index (χ0n) is 16.6. The molecule has 2 N–H and O–H groups in total. The van der Waals surface area contributed by atoms with Crippen LogP contribution >= 0.6 is 0 Å². The summed E-state index contributed by atoms with van der Waals surface area (Å²) in [5, 5.41) is 5.87. The van der Waals surface area contributed by atoms with E-state index in [1.54, 1.807) is 6.08 Å². The molecule has 1 aromatic rings. The number of hydrogen-bond acceptors (Lipinski definition) is 6. The predicted molar refractivity (Wildman–Crippen MR) is 116 cm³/mol. The van der Waals surface area contributed by atoms with Crippen molar-refractivity contribution in [3.05, 3.63) is 42.5 Å². The Kier molecular flexibility index (Phi) is 7.65. The van der Waals surface area contributed by atoms with Gasteiger partial charge in [-0.2, -0.15) is 8.42 Å². The third kappa shape index (κ3) is 6.86. The van der Waals surface area contributed by atoms with E-state index in [-0.39, 0.29) is 11.7 Å². The van der Waals surface area contributed by atoms with Crippen LogP contribution in [0.15, 0.2) is 45.7 Å². The number of rotatable bonds is 9. The van der Waals surface area contributed by atoms with E-state index in [0.29, 0.717) is 26.1 Å². The standard InChI is InChI=1S/C20H29N5O3S/c1-2-10-21-19-20(24-29(26,27)23-19)22-11-7-14-28-18-9-6-8-17(15-18)16-25-12-4-3-5-13-25/h2,6,8-9,15H,1,3-5,7,10-14,16H2,(H,21,23)(H,22,24). The highest BCUT2D eigenvalue weighted by atomic mass is 32.2. The van der Waals surface area contributed by atoms with Gasteiger partial charge < -0.3 is 15.4 Å². The van der Waals surface area contributed by atoms with Crippen molar-refractivity contribution >= 4 is 21.9 Å². The number of ether oxygens (including phenoxy) is 1. The van der Waals surface area contributed by atoms with Gasteiger partial charge in [0.05, 0.1) is 6.61 Å². The molecule has 1 saturated heterocycles. The Morgan fingerprint density at radius 3 is 2.66 bits per heavy atom. The molecule has 0 unspecified atom stereocenters. The van der Waals surface area contributed by atoms with Crippen molar-refractivity contribution < 1.29 is 13.2 Å². The number of benzene rings is 1. The molecule has 2 aliphatic rings. The molecule has 3 rings (SSSR count). The van der Waals surface area contributed by atoms with Crippen molar-refractivity contribution in [3.63, 3.8) is 0 Å². The SMILES string of the molecule is C=CCNC1=NS(=O)(=O)N=C1NCCCOc1cccc(CN2CCCCC2)c1. The molecule has 8 nitrogen and oxygen atoms in total. The summed E-state index contributed by atoms with van der Waals surface area (Å²) in [7, 11) is -3.80. The van der Waals surface area contributed by atoms with E-state index in [2.05, 4.69) is 43.0 Å². The first kappa shape index (κ1) is 21.3. The molecule has 1 aromatic carbocycles. The number of likely N-dealkylation sites (tertiary alicyclic amines) is 1. The Balaban J connectivity index is 1.41. The van der Waals surface area contributed by atoms with Gasteiger partial charge in [-0.25, -0.2) is 0 Å². The van der Waals surface area contributed by atoms with Crippen LogP contribution in [0.25, 0.3) is 0 Å². The van der Waals surface area contributed by atoms with E-state index in [4.69, 9.17) is 4.74 Å². The zero-order chi connectivity index (χ0) is 20.5. The van der Waals surface area contributed by atoms with Gasteiger partial charge in [0.25, 0.3) is 0 Å². The van der Waals surface area contributed by atoms with Crippen LogP contribution in [0.3, 0.4) is 0 Å². The lowest BCUT2D eigenvalue weighted by molar-refractivity contribution is 0.220. The molecule has 2 heterocycles. The van der Waals surface area contributed by atoms with E-state index in [1.165, 1.54) is 37.9 Å². The first-order valence-corrected chi connectivity index (χ1v) is 11.4. The van der Waals surface area contributed by atoms with Crippen LogP contribution in [0, 0.1) is 0 Å². The minimum Gasteiger partial charge on any atom is -0.494 e. The van der Waals surface area contributed by atoms with E-state index in [9.17, 15) is 8.42 Å². The third-order valence-electron chi connectivity index (χ3n) is 4.69. The second-order valence-electron chi connectivity index (χ2n) is 7.11. The Labute approximate surface area is 172 Å². The largest absolute Gasteiger partial charge is 0.494 e. The monoisotopic (exact) mass is 419 g/mol. The van der Waals surface area contributed by atoms with Crippen LogP contribution in [0.5, 0.6) is 5.75 Å². The van der Waals surface area contributed by atoms with E-state index >= 15 is 0 Å². The molecule has 0 aliphatic carbocycles. The molecule has 0 radical (unpaired) electrons. The van der Waals surface area contributed by atoms with E-state index < -0.39 is 10.2 Å². The van der Waals surface area contributed by atoms with E-state index in [0.717, 1.165) is 12.3 Å². The Morgan fingerprint density at radius 1 is 1.14 bits per heavy atom. The van der Waals surface area contributed by atoms with Crippen LogP contribution in [0.4, 0.5) is 0 Å². The fourth-order valence-corrected chi connectivity index (χ4v) is 4.12. The summed E-state index contributed by atoms with van der Waals surface area (Å²) in [6.45, 7) is 8.35. The zero-order valence-corrected chi connectivity index (χ0v) is 17.5. The van der Waals surface area contributed by atoms with Crippen LogP contribution in [0.1, 0.15) is 31.2 Å². The minimum absolute atomic E-state index is 0.219. The number of nitrogens with one attached hydrogen (secondary N) is 2. The molecule has 2 aliphatic heterocycles. The lowest BCUT2D eigenvalue weighted by Crippen LogP contribution is -2.39.